The van der Waals surface area contributed by atoms with Crippen LogP contribution in [0.25, 0.3) is 16.8 Å². The van der Waals surface area contributed by atoms with Gasteiger partial charge < -0.3 is 15.5 Å². The van der Waals surface area contributed by atoms with E-state index in [0.29, 0.717) is 12.2 Å². The van der Waals surface area contributed by atoms with Crippen molar-refractivity contribution in [2.24, 2.45) is 11.6 Å². The zero-order valence-electron chi connectivity index (χ0n) is 15.6. The smallest absolute Gasteiger partial charge is 0.0765 e. The number of rotatable bonds is 5. The second kappa shape index (κ2) is 8.34. The fraction of sp³-hybridized carbons (Fsp3) is 0.381. The number of hydrogen-bond donors (Lipinski definition) is 2. The van der Waals surface area contributed by atoms with Crippen LogP contribution in [0, 0.1) is 6.92 Å². The van der Waals surface area contributed by atoms with E-state index < -0.39 is 0 Å². The van der Waals surface area contributed by atoms with E-state index in [-0.39, 0.29) is 6.10 Å². The highest BCUT2D eigenvalue weighted by Gasteiger charge is 2.17. The zero-order valence-corrected chi connectivity index (χ0v) is 15.6. The minimum atomic E-state index is 0.188. The Morgan fingerprint density at radius 3 is 2.50 bits per heavy atom. The Morgan fingerprint density at radius 1 is 1.15 bits per heavy atom. The maximum atomic E-state index is 6.36. The Labute approximate surface area is 155 Å². The quantitative estimate of drug-likeness (QED) is 0.636. The third-order valence-corrected chi connectivity index (χ3v) is 4.94. The largest absolute Gasteiger partial charge is 0.397 e. The first-order chi connectivity index (χ1) is 12.5. The molecule has 2 heterocycles. The van der Waals surface area contributed by atoms with Gasteiger partial charge in [0.1, 0.15) is 0 Å². The lowest BCUT2D eigenvalue weighted by atomic mass is 10.0. The molecule has 1 aromatic carbocycles. The first kappa shape index (κ1) is 18.4. The molecule has 0 spiro atoms. The van der Waals surface area contributed by atoms with Gasteiger partial charge in [0.2, 0.25) is 0 Å². The molecule has 1 saturated heterocycles. The molecule has 0 amide bonds. The maximum absolute atomic E-state index is 6.36. The van der Waals surface area contributed by atoms with Crippen molar-refractivity contribution in [2.75, 3.05) is 13.2 Å². The predicted molar refractivity (Wildman–Crippen MR) is 106 cm³/mol. The van der Waals surface area contributed by atoms with Gasteiger partial charge in [-0.2, -0.15) is 0 Å². The Bertz CT molecular complexity index is 747. The number of hydrogen-bond acceptors (Lipinski definition) is 5. The van der Waals surface area contributed by atoms with Gasteiger partial charge in [0.25, 0.3) is 0 Å². The van der Waals surface area contributed by atoms with Crippen molar-refractivity contribution in [1.82, 2.24) is 9.99 Å². The van der Waals surface area contributed by atoms with Gasteiger partial charge in [0.15, 0.2) is 0 Å². The van der Waals surface area contributed by atoms with E-state index in [0.717, 1.165) is 47.5 Å². The lowest BCUT2D eigenvalue weighted by molar-refractivity contribution is -0.000196. The van der Waals surface area contributed by atoms with Crippen LogP contribution in [-0.2, 0) is 4.74 Å². The van der Waals surface area contributed by atoms with Crippen molar-refractivity contribution >= 4 is 5.70 Å². The molecule has 4 N–H and O–H groups in total. The van der Waals surface area contributed by atoms with E-state index in [4.69, 9.17) is 16.3 Å². The minimum Gasteiger partial charge on any atom is -0.397 e. The van der Waals surface area contributed by atoms with Crippen molar-refractivity contribution in [3.8, 4) is 11.1 Å². The fourth-order valence-electron chi connectivity index (χ4n) is 3.15. The van der Waals surface area contributed by atoms with Gasteiger partial charge in [-0.15, -0.1) is 0 Å². The van der Waals surface area contributed by atoms with Gasteiger partial charge in [-0.1, -0.05) is 30.3 Å². The number of pyridine rings is 1. The van der Waals surface area contributed by atoms with Crippen LogP contribution in [0.2, 0.25) is 0 Å². The van der Waals surface area contributed by atoms with Crippen LogP contribution in [0.3, 0.4) is 0 Å². The number of nitrogens with two attached hydrogens (primary N) is 2. The highest BCUT2D eigenvalue weighted by Crippen LogP contribution is 2.23. The summed E-state index contributed by atoms with van der Waals surface area (Å²) in [7, 11) is 0. The number of aromatic nitrogens is 1. The number of hydrazine groups is 1. The third kappa shape index (κ3) is 4.42. The molecule has 1 aromatic heterocycles. The first-order valence-corrected chi connectivity index (χ1v) is 9.18. The highest BCUT2D eigenvalue weighted by molar-refractivity contribution is 5.69. The van der Waals surface area contributed by atoms with Crippen LogP contribution in [0.1, 0.15) is 37.4 Å². The number of nitrogens with zero attached hydrogens (tertiary/aromatic N) is 2. The molecular formula is C21H28N4O. The van der Waals surface area contributed by atoms with Gasteiger partial charge >= 0.3 is 0 Å². The average Bonchev–Trinajstić information content (AvgIpc) is 2.68. The molecule has 2 aromatic rings. The molecule has 26 heavy (non-hydrogen) atoms. The summed E-state index contributed by atoms with van der Waals surface area (Å²) in [4.78, 5) is 4.35. The summed E-state index contributed by atoms with van der Waals surface area (Å²) in [5.41, 5.74) is 12.1. The number of ether oxygens (including phenoxy) is 1. The topological polar surface area (TPSA) is 77.4 Å². The predicted octanol–water partition coefficient (Wildman–Crippen LogP) is 3.45. The van der Waals surface area contributed by atoms with Crippen LogP contribution in [0.4, 0.5) is 0 Å². The highest BCUT2D eigenvalue weighted by atomic mass is 16.5. The Balaban J connectivity index is 1.72. The van der Waals surface area contributed by atoms with Gasteiger partial charge in [-0.05, 0) is 50.3 Å². The van der Waals surface area contributed by atoms with Gasteiger partial charge in [0, 0.05) is 29.8 Å². The fourth-order valence-corrected chi connectivity index (χ4v) is 3.15. The van der Waals surface area contributed by atoms with E-state index in [2.05, 4.69) is 23.2 Å². The third-order valence-electron chi connectivity index (χ3n) is 4.94. The molecule has 3 rings (SSSR count). The van der Waals surface area contributed by atoms with Crippen LogP contribution >= 0.6 is 0 Å². The molecule has 0 saturated carbocycles. The average molecular weight is 352 g/mol. The molecule has 0 bridgehead atoms. The molecule has 1 aliphatic heterocycles. The Kier molecular flexibility index (Phi) is 5.91. The summed E-state index contributed by atoms with van der Waals surface area (Å²) >= 11 is 0. The molecule has 1 unspecified atom stereocenters. The lowest BCUT2D eigenvalue weighted by Crippen LogP contribution is -2.39. The van der Waals surface area contributed by atoms with Gasteiger partial charge in [-0.3, -0.25) is 4.98 Å². The molecule has 5 heteroatoms. The van der Waals surface area contributed by atoms with Gasteiger partial charge in [0.05, 0.1) is 18.3 Å². The van der Waals surface area contributed by atoms with Crippen LogP contribution in [0.5, 0.6) is 0 Å². The minimum absolute atomic E-state index is 0.188. The van der Waals surface area contributed by atoms with E-state index in [1.54, 1.807) is 5.01 Å². The Hall–Kier alpha value is -2.37. The standard InChI is InChI=1S/C21H28N4O/c1-15-6-7-19(13-24-15)17-8-10-18(11-9-17)21(22)16(2)25(23)14-20-5-3-4-12-26-20/h6-11,13,20H,3-5,12,14,22-23H2,1-2H3/b21-16-. The molecule has 0 aliphatic carbocycles. The molecule has 1 fully saturated rings. The van der Waals surface area contributed by atoms with Crippen molar-refractivity contribution in [1.29, 1.82) is 0 Å². The van der Waals surface area contributed by atoms with E-state index in [9.17, 15) is 0 Å². The van der Waals surface area contributed by atoms with E-state index in [1.807, 2.05) is 38.2 Å². The van der Waals surface area contributed by atoms with E-state index in [1.165, 1.54) is 6.42 Å². The summed E-state index contributed by atoms with van der Waals surface area (Å²) in [5, 5.41) is 1.71. The molecular weight excluding hydrogens is 324 g/mol. The monoisotopic (exact) mass is 352 g/mol. The van der Waals surface area contributed by atoms with Crippen molar-refractivity contribution in [2.45, 2.75) is 39.2 Å². The number of aryl methyl sites for hydroxylation is 1. The summed E-state index contributed by atoms with van der Waals surface area (Å²) in [6, 6.07) is 12.3. The summed E-state index contributed by atoms with van der Waals surface area (Å²) in [6.07, 6.45) is 5.47. The summed E-state index contributed by atoms with van der Waals surface area (Å²) < 4.78 is 5.77. The molecule has 0 radical (unpaired) electrons. The maximum Gasteiger partial charge on any atom is 0.0765 e. The SMILES string of the molecule is C/C(=C(/N)c1ccc(-c2ccc(C)nc2)cc1)N(N)CC1CCCCO1. The van der Waals surface area contributed by atoms with Crippen LogP contribution < -0.4 is 11.6 Å². The van der Waals surface area contributed by atoms with Gasteiger partial charge in [-0.25, -0.2) is 5.84 Å². The Morgan fingerprint density at radius 2 is 1.88 bits per heavy atom. The summed E-state index contributed by atoms with van der Waals surface area (Å²) in [6.45, 7) is 5.43. The normalized spacial score (nSPS) is 18.3. The zero-order chi connectivity index (χ0) is 18.5. The number of allylic oxidation sites excluding steroid dienone is 1. The number of benzene rings is 1. The second-order valence-electron chi connectivity index (χ2n) is 6.91. The van der Waals surface area contributed by atoms with E-state index >= 15 is 0 Å². The summed E-state index contributed by atoms with van der Waals surface area (Å²) in [5.74, 6) is 6.23. The second-order valence-corrected chi connectivity index (χ2v) is 6.91. The van der Waals surface area contributed by atoms with Crippen LogP contribution in [-0.4, -0.2) is 29.2 Å². The molecule has 1 aliphatic rings. The van der Waals surface area contributed by atoms with Crippen molar-refractivity contribution in [3.05, 3.63) is 59.5 Å². The lowest BCUT2D eigenvalue weighted by Gasteiger charge is -2.29. The molecule has 5 nitrogen and oxygen atoms in total. The van der Waals surface area contributed by atoms with Crippen molar-refractivity contribution in [3.63, 3.8) is 0 Å². The molecule has 1 atom stereocenters. The van der Waals surface area contributed by atoms with Crippen LogP contribution in [0.15, 0.2) is 48.3 Å². The van der Waals surface area contributed by atoms with Crippen molar-refractivity contribution < 1.29 is 4.74 Å². The molecule has 138 valence electrons. The first-order valence-electron chi connectivity index (χ1n) is 9.18.